The molecule has 0 spiro atoms. The van der Waals surface area contributed by atoms with Crippen LogP contribution in [0.4, 0.5) is 5.82 Å². The second-order valence-corrected chi connectivity index (χ2v) is 7.60. The molecule has 1 aromatic carbocycles. The molecule has 1 N–H and O–H groups in total. The number of nitrogens with one attached hydrogen (secondary N) is 1. The van der Waals surface area contributed by atoms with Crippen molar-refractivity contribution in [3.63, 3.8) is 0 Å². The Morgan fingerprint density at radius 3 is 2.62 bits per heavy atom. The summed E-state index contributed by atoms with van der Waals surface area (Å²) in [5.74, 6) is 3.37. The van der Waals surface area contributed by atoms with Gasteiger partial charge in [-0.3, -0.25) is 0 Å². The maximum Gasteiger partial charge on any atom is 0.127 e. The summed E-state index contributed by atoms with van der Waals surface area (Å²) in [6.45, 7) is 3.14. The number of aryl methyl sites for hydroxylation is 1. The predicted molar refractivity (Wildman–Crippen MR) is 103 cm³/mol. The van der Waals surface area contributed by atoms with Gasteiger partial charge in [0.15, 0.2) is 0 Å². The number of aromatic nitrogens is 1. The van der Waals surface area contributed by atoms with Crippen LogP contribution in [0.2, 0.25) is 0 Å². The number of ether oxygens (including phenoxy) is 1. The van der Waals surface area contributed by atoms with Gasteiger partial charge in [-0.05, 0) is 73.8 Å². The van der Waals surface area contributed by atoms with E-state index >= 15 is 0 Å². The molecule has 0 atom stereocenters. The fourth-order valence-corrected chi connectivity index (χ4v) is 3.94. The average molecular weight is 389 g/mol. The summed E-state index contributed by atoms with van der Waals surface area (Å²) in [6.07, 6.45) is 6.91. The number of hydrogen-bond donors (Lipinski definition) is 1. The average Bonchev–Trinajstić information content (AvgIpc) is 2.60. The van der Waals surface area contributed by atoms with Crippen LogP contribution >= 0.6 is 15.9 Å². The molecule has 1 fully saturated rings. The summed E-state index contributed by atoms with van der Waals surface area (Å²) in [7, 11) is 1.74. The molecule has 4 heteroatoms. The summed E-state index contributed by atoms with van der Waals surface area (Å²) in [5, 5.41) is 3.48. The van der Waals surface area contributed by atoms with Gasteiger partial charge in [-0.1, -0.05) is 28.1 Å². The third kappa shape index (κ3) is 4.29. The van der Waals surface area contributed by atoms with E-state index in [-0.39, 0.29) is 0 Å². The maximum atomic E-state index is 5.37. The van der Waals surface area contributed by atoms with Crippen molar-refractivity contribution in [2.45, 2.75) is 38.5 Å². The zero-order valence-electron chi connectivity index (χ0n) is 14.4. The molecule has 0 bridgehead atoms. The lowest BCUT2D eigenvalue weighted by Crippen LogP contribution is -2.21. The lowest BCUT2D eigenvalue weighted by atomic mass is 9.78. The molecule has 1 aromatic heterocycles. The van der Waals surface area contributed by atoms with Gasteiger partial charge in [-0.25, -0.2) is 4.98 Å². The van der Waals surface area contributed by atoms with Crippen LogP contribution < -0.4 is 10.1 Å². The number of rotatable bonds is 5. The van der Waals surface area contributed by atoms with Gasteiger partial charge in [0.25, 0.3) is 0 Å². The van der Waals surface area contributed by atoms with Crippen LogP contribution in [0, 0.1) is 12.8 Å². The van der Waals surface area contributed by atoms with Crippen molar-refractivity contribution in [3.8, 4) is 5.75 Å². The Bertz CT molecular complexity index is 681. The van der Waals surface area contributed by atoms with Crippen LogP contribution in [0.25, 0.3) is 0 Å². The SMILES string of the molecule is COc1ccc([C@H]2CC[C@H](CNc3cc(Br)ccn3)CC2)cc1C. The zero-order valence-corrected chi connectivity index (χ0v) is 16.0. The molecule has 0 unspecified atom stereocenters. The van der Waals surface area contributed by atoms with Gasteiger partial charge in [0.1, 0.15) is 11.6 Å². The van der Waals surface area contributed by atoms with Crippen molar-refractivity contribution in [2.75, 3.05) is 19.0 Å². The first-order valence-electron chi connectivity index (χ1n) is 8.65. The van der Waals surface area contributed by atoms with Crippen LogP contribution in [0.1, 0.15) is 42.7 Å². The normalized spacial score (nSPS) is 20.6. The van der Waals surface area contributed by atoms with Crippen molar-refractivity contribution in [3.05, 3.63) is 52.1 Å². The molecule has 3 rings (SSSR count). The second kappa shape index (κ2) is 8.02. The largest absolute Gasteiger partial charge is 0.496 e. The molecule has 1 aliphatic carbocycles. The van der Waals surface area contributed by atoms with E-state index in [1.54, 1.807) is 7.11 Å². The highest BCUT2D eigenvalue weighted by Crippen LogP contribution is 2.37. The fraction of sp³-hybridized carbons (Fsp3) is 0.450. The summed E-state index contributed by atoms with van der Waals surface area (Å²) < 4.78 is 6.44. The lowest BCUT2D eigenvalue weighted by molar-refractivity contribution is 0.338. The first-order valence-corrected chi connectivity index (χ1v) is 9.45. The van der Waals surface area contributed by atoms with E-state index in [0.29, 0.717) is 5.92 Å². The summed E-state index contributed by atoms with van der Waals surface area (Å²) in [6, 6.07) is 10.6. The van der Waals surface area contributed by atoms with E-state index in [2.05, 4.69) is 51.4 Å². The predicted octanol–water partition coefficient (Wildman–Crippen LogP) is 5.55. The van der Waals surface area contributed by atoms with Gasteiger partial charge < -0.3 is 10.1 Å². The van der Waals surface area contributed by atoms with E-state index in [4.69, 9.17) is 4.74 Å². The van der Waals surface area contributed by atoms with Crippen LogP contribution in [0.3, 0.4) is 0 Å². The topological polar surface area (TPSA) is 34.1 Å². The standard InChI is InChI=1S/C20H25BrN2O/c1-14-11-17(7-8-19(14)24-2)16-5-3-15(4-6-16)13-23-20-12-18(21)9-10-22-20/h7-12,15-16H,3-6,13H2,1-2H3,(H,22,23)/t15-,16-. The Hall–Kier alpha value is -1.55. The molecule has 0 saturated heterocycles. The van der Waals surface area contributed by atoms with Gasteiger partial charge in [-0.2, -0.15) is 0 Å². The van der Waals surface area contributed by atoms with Crippen LogP contribution in [0.5, 0.6) is 5.75 Å². The molecular formula is C20H25BrN2O. The van der Waals surface area contributed by atoms with E-state index < -0.39 is 0 Å². The van der Waals surface area contributed by atoms with Crippen molar-refractivity contribution < 1.29 is 4.74 Å². The zero-order chi connectivity index (χ0) is 16.9. The second-order valence-electron chi connectivity index (χ2n) is 6.69. The minimum atomic E-state index is 0.690. The number of hydrogen-bond acceptors (Lipinski definition) is 3. The minimum Gasteiger partial charge on any atom is -0.496 e. The molecule has 3 nitrogen and oxygen atoms in total. The Morgan fingerprint density at radius 2 is 1.96 bits per heavy atom. The molecule has 0 amide bonds. The van der Waals surface area contributed by atoms with E-state index in [9.17, 15) is 0 Å². The third-order valence-electron chi connectivity index (χ3n) is 5.03. The molecule has 2 aromatic rings. The van der Waals surface area contributed by atoms with Gasteiger partial charge >= 0.3 is 0 Å². The molecule has 1 saturated carbocycles. The number of methoxy groups -OCH3 is 1. The van der Waals surface area contributed by atoms with Crippen LogP contribution in [-0.4, -0.2) is 18.6 Å². The number of anilines is 1. The molecule has 0 aliphatic heterocycles. The van der Waals surface area contributed by atoms with Gasteiger partial charge in [0.2, 0.25) is 0 Å². The first kappa shape index (κ1) is 17.3. The first-order chi connectivity index (χ1) is 11.7. The van der Waals surface area contributed by atoms with Crippen molar-refractivity contribution in [2.24, 2.45) is 5.92 Å². The summed E-state index contributed by atoms with van der Waals surface area (Å²) in [4.78, 5) is 4.36. The molecule has 0 radical (unpaired) electrons. The summed E-state index contributed by atoms with van der Waals surface area (Å²) >= 11 is 3.49. The van der Waals surface area contributed by atoms with Gasteiger partial charge in [-0.15, -0.1) is 0 Å². The van der Waals surface area contributed by atoms with E-state index in [1.807, 2.05) is 18.3 Å². The number of pyridine rings is 1. The van der Waals surface area contributed by atoms with E-state index in [0.717, 1.165) is 28.5 Å². The fourth-order valence-electron chi connectivity index (χ4n) is 3.61. The Balaban J connectivity index is 1.51. The van der Waals surface area contributed by atoms with Gasteiger partial charge in [0, 0.05) is 17.2 Å². The highest BCUT2D eigenvalue weighted by Gasteiger charge is 2.22. The smallest absolute Gasteiger partial charge is 0.127 e. The maximum absolute atomic E-state index is 5.37. The monoisotopic (exact) mass is 388 g/mol. The molecular weight excluding hydrogens is 364 g/mol. The number of halogens is 1. The number of nitrogens with zero attached hydrogens (tertiary/aromatic N) is 1. The van der Waals surface area contributed by atoms with Gasteiger partial charge in [0.05, 0.1) is 7.11 Å². The molecule has 24 heavy (non-hydrogen) atoms. The minimum absolute atomic E-state index is 0.690. The third-order valence-corrected chi connectivity index (χ3v) is 5.52. The van der Waals surface area contributed by atoms with E-state index in [1.165, 1.54) is 36.8 Å². The molecule has 1 aliphatic rings. The Labute approximate surface area is 153 Å². The van der Waals surface area contributed by atoms with Crippen LogP contribution in [0.15, 0.2) is 41.0 Å². The Morgan fingerprint density at radius 1 is 1.17 bits per heavy atom. The Kier molecular flexibility index (Phi) is 5.77. The highest BCUT2D eigenvalue weighted by molar-refractivity contribution is 9.10. The lowest BCUT2D eigenvalue weighted by Gasteiger charge is -2.29. The van der Waals surface area contributed by atoms with Crippen molar-refractivity contribution >= 4 is 21.7 Å². The van der Waals surface area contributed by atoms with Crippen LogP contribution in [-0.2, 0) is 0 Å². The highest BCUT2D eigenvalue weighted by atomic mass is 79.9. The van der Waals surface area contributed by atoms with Crippen molar-refractivity contribution in [1.29, 1.82) is 0 Å². The molecule has 128 valence electrons. The van der Waals surface area contributed by atoms with Crippen molar-refractivity contribution in [1.82, 2.24) is 4.98 Å². The molecule has 1 heterocycles. The summed E-state index contributed by atoms with van der Waals surface area (Å²) in [5.41, 5.74) is 2.70. The number of benzene rings is 1. The quantitative estimate of drug-likeness (QED) is 0.728.